The van der Waals surface area contributed by atoms with E-state index < -0.39 is 11.7 Å². The fraction of sp³-hybridized carbons (Fsp3) is 0.621. The molecule has 2 saturated heterocycles. The second kappa shape index (κ2) is 14.1. The first-order valence-corrected chi connectivity index (χ1v) is 14.3. The van der Waals surface area contributed by atoms with Gasteiger partial charge in [0.25, 0.3) is 0 Å². The van der Waals surface area contributed by atoms with Crippen molar-refractivity contribution in [2.24, 2.45) is 7.05 Å². The molecule has 2 fully saturated rings. The Bertz CT molecular complexity index is 1280. The first-order chi connectivity index (χ1) is 19.1. The van der Waals surface area contributed by atoms with Crippen LogP contribution >= 0.6 is 0 Å². The third-order valence-electron chi connectivity index (χ3n) is 7.15. The van der Waals surface area contributed by atoms with Crippen LogP contribution in [-0.2, 0) is 30.9 Å². The van der Waals surface area contributed by atoms with Gasteiger partial charge in [0.15, 0.2) is 5.82 Å². The third-order valence-corrected chi connectivity index (χ3v) is 7.15. The van der Waals surface area contributed by atoms with Crippen molar-refractivity contribution in [2.75, 3.05) is 31.1 Å². The normalized spacial score (nSPS) is 19.2. The van der Waals surface area contributed by atoms with E-state index in [4.69, 9.17) is 9.72 Å². The van der Waals surface area contributed by atoms with Crippen molar-refractivity contribution in [3.05, 3.63) is 51.7 Å². The predicted octanol–water partition coefficient (Wildman–Crippen LogP) is 5.10. The number of aryl methyl sites for hydroxylation is 3. The standard InChI is InChI=1S/C17H26N6O2.C10H11F3.C2H6/c1-11-9-18-6-7-22(11)15-14-16(21(3)17(24)20-15)23(12(2)19-14)10-13-5-4-8-25-13;1-2-3-8-4-6-9(7-5-8)10(11,12)13;1-2/h11,13,18H,4-10H2,1-3H3;4-7H,2-3H2,1H3;1-2H3. The summed E-state index contributed by atoms with van der Waals surface area (Å²) in [7, 11) is 1.77. The number of alkyl halides is 3. The Labute approximate surface area is 234 Å². The molecule has 2 aromatic heterocycles. The van der Waals surface area contributed by atoms with Crippen molar-refractivity contribution in [3.63, 3.8) is 0 Å². The number of fused-ring (bicyclic) bond motifs is 1. The van der Waals surface area contributed by atoms with E-state index >= 15 is 0 Å². The number of imidazole rings is 1. The van der Waals surface area contributed by atoms with Crippen molar-refractivity contribution in [1.82, 2.24) is 24.4 Å². The number of halogens is 3. The van der Waals surface area contributed by atoms with Crippen LogP contribution in [-0.4, -0.2) is 57.5 Å². The van der Waals surface area contributed by atoms with Crippen molar-refractivity contribution in [1.29, 1.82) is 0 Å². The van der Waals surface area contributed by atoms with Crippen LogP contribution in [0.5, 0.6) is 0 Å². The van der Waals surface area contributed by atoms with Gasteiger partial charge < -0.3 is 19.5 Å². The number of hydrogen-bond donors (Lipinski definition) is 1. The average molecular weight is 565 g/mol. The third kappa shape index (κ3) is 7.42. The van der Waals surface area contributed by atoms with Crippen LogP contribution in [0.2, 0.25) is 0 Å². The Hall–Kier alpha value is -2.92. The molecule has 0 aliphatic carbocycles. The molecule has 1 N–H and O–H groups in total. The predicted molar refractivity (Wildman–Crippen MR) is 153 cm³/mol. The first kappa shape index (κ1) is 31.6. The van der Waals surface area contributed by atoms with Crippen LogP contribution in [0.1, 0.15) is 63.9 Å². The van der Waals surface area contributed by atoms with Gasteiger partial charge in [0, 0.05) is 39.3 Å². The van der Waals surface area contributed by atoms with Gasteiger partial charge in [-0.05, 0) is 50.8 Å². The second-order valence-electron chi connectivity index (χ2n) is 10.0. The molecule has 5 rings (SSSR count). The van der Waals surface area contributed by atoms with Crippen LogP contribution < -0.4 is 15.9 Å². The van der Waals surface area contributed by atoms with E-state index in [1.54, 1.807) is 11.6 Å². The summed E-state index contributed by atoms with van der Waals surface area (Å²) in [5.74, 6) is 1.61. The van der Waals surface area contributed by atoms with Crippen molar-refractivity contribution >= 4 is 17.0 Å². The van der Waals surface area contributed by atoms with E-state index in [9.17, 15) is 18.0 Å². The Balaban J connectivity index is 0.000000249. The lowest BCUT2D eigenvalue weighted by Gasteiger charge is -2.34. The number of aromatic nitrogens is 4. The van der Waals surface area contributed by atoms with Crippen LogP contribution in [0.3, 0.4) is 0 Å². The topological polar surface area (TPSA) is 77.2 Å². The van der Waals surface area contributed by atoms with Crippen LogP contribution in [0.4, 0.5) is 19.0 Å². The minimum atomic E-state index is -4.22. The Morgan fingerprint density at radius 2 is 1.85 bits per heavy atom. The zero-order valence-electron chi connectivity index (χ0n) is 24.5. The Morgan fingerprint density at radius 1 is 1.15 bits per heavy atom. The van der Waals surface area contributed by atoms with E-state index in [0.717, 1.165) is 93.2 Å². The molecule has 4 heterocycles. The van der Waals surface area contributed by atoms with Crippen molar-refractivity contribution in [2.45, 2.75) is 85.2 Å². The lowest BCUT2D eigenvalue weighted by molar-refractivity contribution is -0.137. The molecule has 1 aromatic carbocycles. The minimum Gasteiger partial charge on any atom is -0.376 e. The van der Waals surface area contributed by atoms with Gasteiger partial charge in [0.05, 0.1) is 18.2 Å². The van der Waals surface area contributed by atoms with Gasteiger partial charge in [0.2, 0.25) is 0 Å². The van der Waals surface area contributed by atoms with E-state index in [2.05, 4.69) is 26.7 Å². The first-order valence-electron chi connectivity index (χ1n) is 14.3. The molecule has 0 radical (unpaired) electrons. The molecule has 3 aromatic rings. The molecule has 8 nitrogen and oxygen atoms in total. The maximum atomic E-state index is 12.5. The lowest BCUT2D eigenvalue weighted by atomic mass is 10.1. The van der Waals surface area contributed by atoms with E-state index in [1.807, 2.05) is 27.7 Å². The molecule has 2 aliphatic rings. The van der Waals surface area contributed by atoms with Gasteiger partial charge in [0.1, 0.15) is 17.0 Å². The summed E-state index contributed by atoms with van der Waals surface area (Å²) < 4.78 is 45.8. The Morgan fingerprint density at radius 3 is 2.42 bits per heavy atom. The zero-order valence-corrected chi connectivity index (χ0v) is 24.5. The zero-order chi connectivity index (χ0) is 29.4. The van der Waals surface area contributed by atoms with Gasteiger partial charge >= 0.3 is 11.9 Å². The molecule has 40 heavy (non-hydrogen) atoms. The summed E-state index contributed by atoms with van der Waals surface area (Å²) in [6.45, 7) is 14.3. The highest BCUT2D eigenvalue weighted by Crippen LogP contribution is 2.29. The maximum Gasteiger partial charge on any atom is 0.416 e. The molecular formula is C29H43F3N6O2. The molecule has 0 spiro atoms. The monoisotopic (exact) mass is 564 g/mol. The number of hydrogen-bond acceptors (Lipinski definition) is 6. The quantitative estimate of drug-likeness (QED) is 0.465. The van der Waals surface area contributed by atoms with Crippen LogP contribution in [0, 0.1) is 6.92 Å². The molecule has 2 unspecified atom stereocenters. The molecule has 11 heteroatoms. The van der Waals surface area contributed by atoms with Gasteiger partial charge in [-0.1, -0.05) is 39.3 Å². The number of ether oxygens (including phenoxy) is 1. The molecule has 222 valence electrons. The summed E-state index contributed by atoms with van der Waals surface area (Å²) in [5, 5.41) is 3.38. The van der Waals surface area contributed by atoms with E-state index in [-0.39, 0.29) is 17.8 Å². The average Bonchev–Trinajstić information content (AvgIpc) is 3.56. The van der Waals surface area contributed by atoms with Crippen molar-refractivity contribution < 1.29 is 17.9 Å². The highest BCUT2D eigenvalue weighted by Gasteiger charge is 2.30. The number of benzene rings is 1. The number of nitrogens with zero attached hydrogens (tertiary/aromatic N) is 5. The van der Waals surface area contributed by atoms with Gasteiger partial charge in [-0.15, -0.1) is 0 Å². The highest BCUT2D eigenvalue weighted by molar-refractivity contribution is 5.84. The second-order valence-corrected chi connectivity index (χ2v) is 10.0. The number of anilines is 1. The van der Waals surface area contributed by atoms with Gasteiger partial charge in [-0.25, -0.2) is 9.78 Å². The summed E-state index contributed by atoms with van der Waals surface area (Å²) in [5.41, 5.74) is 1.80. The molecule has 0 bridgehead atoms. The van der Waals surface area contributed by atoms with E-state index in [0.29, 0.717) is 5.82 Å². The van der Waals surface area contributed by atoms with Crippen molar-refractivity contribution in [3.8, 4) is 0 Å². The van der Waals surface area contributed by atoms with Crippen LogP contribution in [0.15, 0.2) is 29.1 Å². The maximum absolute atomic E-state index is 12.5. The molecule has 0 amide bonds. The number of nitrogens with one attached hydrogen (secondary N) is 1. The minimum absolute atomic E-state index is 0.195. The molecule has 2 aliphatic heterocycles. The Kier molecular flexibility index (Phi) is 11.2. The summed E-state index contributed by atoms with van der Waals surface area (Å²) in [4.78, 5) is 23.9. The number of rotatable bonds is 5. The number of piperazine rings is 1. The summed E-state index contributed by atoms with van der Waals surface area (Å²) in [6.07, 6.45) is -0.0880. The SMILES string of the molecule is CC.CCCc1ccc(C(F)(F)F)cc1.Cc1nc2c(N3CCNCC3C)nc(=O)n(C)c2n1CC1CCCO1. The fourth-order valence-corrected chi connectivity index (χ4v) is 5.07. The molecule has 0 saturated carbocycles. The lowest BCUT2D eigenvalue weighted by Crippen LogP contribution is -2.50. The fourth-order valence-electron chi connectivity index (χ4n) is 5.07. The van der Waals surface area contributed by atoms with Crippen LogP contribution in [0.25, 0.3) is 11.2 Å². The highest BCUT2D eigenvalue weighted by atomic mass is 19.4. The summed E-state index contributed by atoms with van der Waals surface area (Å²) in [6, 6.07) is 5.61. The molecular weight excluding hydrogens is 521 g/mol. The smallest absolute Gasteiger partial charge is 0.376 e. The van der Waals surface area contributed by atoms with Gasteiger partial charge in [-0.2, -0.15) is 18.2 Å². The molecule has 2 atom stereocenters. The summed E-state index contributed by atoms with van der Waals surface area (Å²) >= 11 is 0. The van der Waals surface area contributed by atoms with Gasteiger partial charge in [-0.3, -0.25) is 4.57 Å². The largest absolute Gasteiger partial charge is 0.416 e. The van der Waals surface area contributed by atoms with E-state index in [1.165, 1.54) is 12.1 Å².